The molecule has 138 valence electrons. The minimum Gasteiger partial charge on any atom is -0.497 e. The van der Waals surface area contributed by atoms with Crippen molar-refractivity contribution in [3.8, 4) is 17.2 Å². The van der Waals surface area contributed by atoms with Gasteiger partial charge in [-0.05, 0) is 42.8 Å². The Bertz CT molecular complexity index is 1000. The van der Waals surface area contributed by atoms with Crippen molar-refractivity contribution < 1.29 is 14.1 Å². The molecule has 1 atom stereocenters. The first-order chi connectivity index (χ1) is 13.0. The minimum atomic E-state index is -0.124. The molecule has 1 aliphatic heterocycles. The van der Waals surface area contributed by atoms with E-state index in [0.29, 0.717) is 35.5 Å². The molecule has 0 saturated carbocycles. The number of nitrogens with zero attached hydrogens (tertiary/aromatic N) is 3. The number of aryl methyl sites for hydroxylation is 1. The van der Waals surface area contributed by atoms with E-state index in [2.05, 4.69) is 10.1 Å². The summed E-state index contributed by atoms with van der Waals surface area (Å²) in [7, 11) is 1.61. The fourth-order valence-corrected chi connectivity index (χ4v) is 3.33. The predicted octanol–water partition coefficient (Wildman–Crippen LogP) is 4.23. The lowest BCUT2D eigenvalue weighted by Crippen LogP contribution is -2.24. The highest BCUT2D eigenvalue weighted by molar-refractivity contribution is 6.31. The summed E-state index contributed by atoms with van der Waals surface area (Å²) in [6, 6.07) is 13.0. The largest absolute Gasteiger partial charge is 0.497 e. The fraction of sp³-hybridized carbons (Fsp3) is 0.250. The van der Waals surface area contributed by atoms with Crippen molar-refractivity contribution in [2.24, 2.45) is 0 Å². The van der Waals surface area contributed by atoms with Crippen molar-refractivity contribution in [2.45, 2.75) is 19.3 Å². The van der Waals surface area contributed by atoms with Gasteiger partial charge in [0, 0.05) is 35.2 Å². The van der Waals surface area contributed by atoms with Crippen LogP contribution in [-0.2, 0) is 4.79 Å². The maximum absolute atomic E-state index is 12.5. The third kappa shape index (κ3) is 3.40. The number of hydrogen-bond donors (Lipinski definition) is 0. The first-order valence-electron chi connectivity index (χ1n) is 8.59. The summed E-state index contributed by atoms with van der Waals surface area (Å²) in [5.74, 6) is 1.55. The lowest BCUT2D eigenvalue weighted by atomic mass is 10.1. The molecule has 1 aliphatic rings. The number of carbonyl (C=O) groups excluding carboxylic acids is 1. The molecule has 0 radical (unpaired) electrons. The summed E-state index contributed by atoms with van der Waals surface area (Å²) in [5.41, 5.74) is 2.54. The first kappa shape index (κ1) is 17.5. The second-order valence-corrected chi connectivity index (χ2v) is 6.94. The Labute approximate surface area is 161 Å². The van der Waals surface area contributed by atoms with Crippen molar-refractivity contribution in [1.29, 1.82) is 0 Å². The highest BCUT2D eigenvalue weighted by atomic mass is 35.5. The Morgan fingerprint density at radius 2 is 2.11 bits per heavy atom. The van der Waals surface area contributed by atoms with Crippen LogP contribution in [0.4, 0.5) is 5.69 Å². The van der Waals surface area contributed by atoms with Gasteiger partial charge >= 0.3 is 0 Å². The van der Waals surface area contributed by atoms with E-state index >= 15 is 0 Å². The van der Waals surface area contributed by atoms with Gasteiger partial charge in [-0.3, -0.25) is 4.79 Å². The Morgan fingerprint density at radius 1 is 1.26 bits per heavy atom. The average molecular weight is 384 g/mol. The molecule has 6 nitrogen and oxygen atoms in total. The quantitative estimate of drug-likeness (QED) is 0.674. The van der Waals surface area contributed by atoms with E-state index in [0.717, 1.165) is 16.8 Å². The van der Waals surface area contributed by atoms with E-state index < -0.39 is 0 Å². The summed E-state index contributed by atoms with van der Waals surface area (Å²) in [5, 5.41) is 4.73. The summed E-state index contributed by atoms with van der Waals surface area (Å²) >= 11 is 6.20. The lowest BCUT2D eigenvalue weighted by Gasteiger charge is -2.17. The first-order valence-corrected chi connectivity index (χ1v) is 8.97. The molecule has 2 heterocycles. The number of hydrogen-bond acceptors (Lipinski definition) is 5. The van der Waals surface area contributed by atoms with Gasteiger partial charge < -0.3 is 14.2 Å². The lowest BCUT2D eigenvalue weighted by molar-refractivity contribution is -0.117. The van der Waals surface area contributed by atoms with Crippen LogP contribution in [0.25, 0.3) is 11.5 Å². The third-order valence-electron chi connectivity index (χ3n) is 4.72. The molecule has 3 aromatic rings. The van der Waals surface area contributed by atoms with Crippen LogP contribution in [0.1, 0.15) is 23.7 Å². The highest BCUT2D eigenvalue weighted by Crippen LogP contribution is 2.33. The van der Waals surface area contributed by atoms with Crippen LogP contribution < -0.4 is 9.64 Å². The van der Waals surface area contributed by atoms with Gasteiger partial charge in [-0.2, -0.15) is 4.98 Å². The molecule has 0 bridgehead atoms. The maximum Gasteiger partial charge on any atom is 0.258 e. The van der Waals surface area contributed by atoms with Crippen LogP contribution in [0.15, 0.2) is 47.0 Å². The van der Waals surface area contributed by atoms with E-state index in [-0.39, 0.29) is 11.8 Å². The Hall–Kier alpha value is -2.86. The van der Waals surface area contributed by atoms with E-state index in [1.165, 1.54) is 0 Å². The summed E-state index contributed by atoms with van der Waals surface area (Å²) < 4.78 is 10.6. The van der Waals surface area contributed by atoms with Gasteiger partial charge in [-0.15, -0.1) is 0 Å². The number of halogens is 1. The molecule has 7 heteroatoms. The van der Waals surface area contributed by atoms with Crippen molar-refractivity contribution in [2.75, 3.05) is 18.6 Å². The van der Waals surface area contributed by atoms with Gasteiger partial charge in [0.05, 0.1) is 7.11 Å². The van der Waals surface area contributed by atoms with Crippen LogP contribution in [0, 0.1) is 6.92 Å². The molecule has 27 heavy (non-hydrogen) atoms. The monoisotopic (exact) mass is 383 g/mol. The standard InChI is InChI=1S/C20H18ClN3O3/c1-12-6-7-15(10-17(12)21)24-11-14(9-18(24)25)19-22-20(27-23-19)13-4-3-5-16(8-13)26-2/h3-8,10,14H,9,11H2,1-2H3. The van der Waals surface area contributed by atoms with Crippen LogP contribution in [-0.4, -0.2) is 29.7 Å². The fourth-order valence-electron chi connectivity index (χ4n) is 3.15. The molecule has 1 fully saturated rings. The SMILES string of the molecule is COc1cccc(-c2nc(C3CC(=O)N(c4ccc(C)c(Cl)c4)C3)no2)c1. The van der Waals surface area contributed by atoms with Crippen LogP contribution in [0.5, 0.6) is 5.75 Å². The molecule has 0 N–H and O–H groups in total. The Balaban J connectivity index is 1.55. The van der Waals surface area contributed by atoms with Gasteiger partial charge in [0.15, 0.2) is 5.82 Å². The third-order valence-corrected chi connectivity index (χ3v) is 5.12. The number of amides is 1. The molecule has 1 unspecified atom stereocenters. The van der Waals surface area contributed by atoms with Crippen molar-refractivity contribution in [3.05, 3.63) is 58.9 Å². The van der Waals surface area contributed by atoms with Crippen LogP contribution in [0.3, 0.4) is 0 Å². The molecular formula is C20H18ClN3O3. The summed E-state index contributed by atoms with van der Waals surface area (Å²) in [4.78, 5) is 18.7. The average Bonchev–Trinajstić information content (AvgIpc) is 3.31. The van der Waals surface area contributed by atoms with E-state index in [1.807, 2.05) is 49.4 Å². The van der Waals surface area contributed by atoms with Crippen LogP contribution in [0.2, 0.25) is 5.02 Å². The molecule has 0 spiro atoms. The zero-order valence-electron chi connectivity index (χ0n) is 15.0. The van der Waals surface area contributed by atoms with Crippen molar-refractivity contribution >= 4 is 23.2 Å². The van der Waals surface area contributed by atoms with Gasteiger partial charge in [0.2, 0.25) is 5.91 Å². The number of ether oxygens (including phenoxy) is 1. The van der Waals surface area contributed by atoms with Gasteiger partial charge in [0.1, 0.15) is 5.75 Å². The molecule has 1 aromatic heterocycles. The van der Waals surface area contributed by atoms with Crippen molar-refractivity contribution in [1.82, 2.24) is 10.1 Å². The highest BCUT2D eigenvalue weighted by Gasteiger charge is 2.34. The normalized spacial score (nSPS) is 16.8. The number of aromatic nitrogens is 2. The molecule has 4 rings (SSSR count). The van der Waals surface area contributed by atoms with E-state index in [9.17, 15) is 4.79 Å². The van der Waals surface area contributed by atoms with Gasteiger partial charge in [-0.25, -0.2) is 0 Å². The Morgan fingerprint density at radius 3 is 2.89 bits per heavy atom. The predicted molar refractivity (Wildman–Crippen MR) is 102 cm³/mol. The summed E-state index contributed by atoms with van der Waals surface area (Å²) in [6.07, 6.45) is 0.336. The molecular weight excluding hydrogens is 366 g/mol. The topological polar surface area (TPSA) is 68.5 Å². The second-order valence-electron chi connectivity index (χ2n) is 6.53. The van der Waals surface area contributed by atoms with Gasteiger partial charge in [-0.1, -0.05) is 28.9 Å². The minimum absolute atomic E-state index is 0.0210. The maximum atomic E-state index is 12.5. The molecule has 0 aliphatic carbocycles. The smallest absolute Gasteiger partial charge is 0.258 e. The van der Waals surface area contributed by atoms with Gasteiger partial charge in [0.25, 0.3) is 5.89 Å². The number of benzene rings is 2. The molecule has 2 aromatic carbocycles. The molecule has 1 saturated heterocycles. The van der Waals surface area contributed by atoms with Crippen molar-refractivity contribution in [3.63, 3.8) is 0 Å². The zero-order valence-corrected chi connectivity index (χ0v) is 15.7. The van der Waals surface area contributed by atoms with E-state index in [1.54, 1.807) is 12.0 Å². The second kappa shape index (κ2) is 7.04. The zero-order chi connectivity index (χ0) is 19.0. The van der Waals surface area contributed by atoms with Crippen LogP contribution >= 0.6 is 11.6 Å². The van der Waals surface area contributed by atoms with E-state index in [4.69, 9.17) is 20.9 Å². The number of carbonyl (C=O) groups is 1. The number of rotatable bonds is 4. The summed E-state index contributed by atoms with van der Waals surface area (Å²) in [6.45, 7) is 2.43. The number of anilines is 1. The number of methoxy groups -OCH3 is 1. The molecule has 1 amide bonds. The Kier molecular flexibility index (Phi) is 4.58.